The molecule has 0 bridgehead atoms. The Labute approximate surface area is 150 Å². The van der Waals surface area contributed by atoms with Gasteiger partial charge in [0.1, 0.15) is 11.5 Å². The molecule has 0 heterocycles. The Morgan fingerprint density at radius 2 is 1.35 bits per heavy atom. The summed E-state index contributed by atoms with van der Waals surface area (Å²) in [6.45, 7) is 1.49. The fraction of sp³-hybridized carbons (Fsp3) is 0.0588. The molecule has 0 saturated carbocycles. The zero-order valence-electron chi connectivity index (χ0n) is 12.1. The second kappa shape index (κ2) is 8.08. The minimum absolute atomic E-state index is 0.137. The molecule has 0 atom stereocenters. The Bertz CT molecular complexity index is 769. The van der Waals surface area contributed by atoms with E-state index in [9.17, 15) is 9.59 Å². The van der Waals surface area contributed by atoms with Crippen molar-refractivity contribution in [3.63, 3.8) is 0 Å². The van der Waals surface area contributed by atoms with Crippen LogP contribution in [0.3, 0.4) is 0 Å². The second-order valence-electron chi connectivity index (χ2n) is 4.50. The minimum atomic E-state index is -0.654. The highest BCUT2D eigenvalue weighted by molar-refractivity contribution is 9.10. The van der Waals surface area contributed by atoms with Crippen LogP contribution in [0, 0.1) is 0 Å². The summed E-state index contributed by atoms with van der Waals surface area (Å²) >= 11 is 6.56. The molecule has 0 fully saturated rings. The van der Waals surface area contributed by atoms with Gasteiger partial charge in [0.05, 0.1) is 8.95 Å². The lowest BCUT2D eigenvalue weighted by atomic mass is 10.3. The van der Waals surface area contributed by atoms with Gasteiger partial charge in [-0.1, -0.05) is 24.3 Å². The topological polar surface area (TPSA) is 52.6 Å². The first-order chi connectivity index (χ1) is 11.0. The van der Waals surface area contributed by atoms with Crippen molar-refractivity contribution in [1.29, 1.82) is 0 Å². The van der Waals surface area contributed by atoms with Crippen LogP contribution < -0.4 is 9.47 Å². The smallest absolute Gasteiger partial charge is 0.339 e. The number of ether oxygens (including phenoxy) is 2. The molecular formula is C17H12Br2O4. The molecule has 0 spiro atoms. The Kier molecular flexibility index (Phi) is 6.12. The van der Waals surface area contributed by atoms with Gasteiger partial charge in [0.15, 0.2) is 0 Å². The largest absolute Gasteiger partial charge is 0.422 e. The predicted molar refractivity (Wildman–Crippen MR) is 93.3 cm³/mol. The normalized spacial score (nSPS) is 11.0. The van der Waals surface area contributed by atoms with Crippen LogP contribution in [0.4, 0.5) is 0 Å². The first-order valence-electron chi connectivity index (χ1n) is 6.58. The van der Waals surface area contributed by atoms with Gasteiger partial charge in [-0.05, 0) is 63.0 Å². The molecule has 0 aliphatic carbocycles. The summed E-state index contributed by atoms with van der Waals surface area (Å²) < 4.78 is 11.7. The summed E-state index contributed by atoms with van der Waals surface area (Å²) in [4.78, 5) is 23.9. The lowest BCUT2D eigenvalue weighted by Crippen LogP contribution is -2.13. The molecule has 4 nitrogen and oxygen atoms in total. The molecule has 2 aromatic carbocycles. The van der Waals surface area contributed by atoms with Gasteiger partial charge < -0.3 is 9.47 Å². The Morgan fingerprint density at radius 3 is 1.87 bits per heavy atom. The van der Waals surface area contributed by atoms with Crippen molar-refractivity contribution in [3.8, 4) is 11.5 Å². The molecule has 118 valence electrons. The lowest BCUT2D eigenvalue weighted by Gasteiger charge is -2.07. The number of esters is 2. The van der Waals surface area contributed by atoms with Gasteiger partial charge in [-0.15, -0.1) is 0 Å². The van der Waals surface area contributed by atoms with Crippen molar-refractivity contribution >= 4 is 43.8 Å². The zero-order chi connectivity index (χ0) is 16.8. The van der Waals surface area contributed by atoms with Gasteiger partial charge >= 0.3 is 11.9 Å². The first-order valence-corrected chi connectivity index (χ1v) is 8.17. The van der Waals surface area contributed by atoms with Gasteiger partial charge in [-0.3, -0.25) is 0 Å². The van der Waals surface area contributed by atoms with Crippen LogP contribution >= 0.6 is 31.9 Å². The quantitative estimate of drug-likeness (QED) is 0.394. The molecule has 2 rings (SSSR count). The van der Waals surface area contributed by atoms with Crippen LogP contribution in [0.5, 0.6) is 11.5 Å². The minimum Gasteiger partial charge on any atom is -0.422 e. The summed E-state index contributed by atoms with van der Waals surface area (Å²) in [5, 5.41) is 0. The fourth-order valence-electron chi connectivity index (χ4n) is 1.61. The van der Waals surface area contributed by atoms with E-state index in [0.29, 0.717) is 20.4 Å². The highest BCUT2D eigenvalue weighted by Crippen LogP contribution is 2.25. The van der Waals surface area contributed by atoms with Gasteiger partial charge in [0, 0.05) is 11.6 Å². The average Bonchev–Trinajstić information content (AvgIpc) is 2.51. The maximum absolute atomic E-state index is 12.0. The van der Waals surface area contributed by atoms with Gasteiger partial charge in [-0.2, -0.15) is 0 Å². The van der Waals surface area contributed by atoms with Crippen molar-refractivity contribution in [2.45, 2.75) is 6.92 Å². The van der Waals surface area contributed by atoms with Crippen LogP contribution in [0.15, 0.2) is 69.1 Å². The van der Waals surface area contributed by atoms with Crippen LogP contribution in [-0.4, -0.2) is 11.9 Å². The number of hydrogen-bond acceptors (Lipinski definition) is 4. The number of benzene rings is 2. The standard InChI is InChI=1S/C17H12Br2O4/c1-11(17(21)23-15-9-5-3-7-13(15)19)10-16(20)22-14-8-4-2-6-12(14)18/h2-10H,1H3. The molecular weight excluding hydrogens is 428 g/mol. The highest BCUT2D eigenvalue weighted by Gasteiger charge is 2.13. The number of hydrogen-bond donors (Lipinski definition) is 0. The van der Waals surface area contributed by atoms with Crippen molar-refractivity contribution in [2.75, 3.05) is 0 Å². The maximum Gasteiger partial charge on any atom is 0.339 e. The Morgan fingerprint density at radius 1 is 0.870 bits per heavy atom. The number of carbonyl (C=O) groups is 2. The third-order valence-corrected chi connectivity index (χ3v) is 4.05. The highest BCUT2D eigenvalue weighted by atomic mass is 79.9. The number of rotatable bonds is 4. The zero-order valence-corrected chi connectivity index (χ0v) is 15.3. The number of halogens is 2. The monoisotopic (exact) mass is 438 g/mol. The lowest BCUT2D eigenvalue weighted by molar-refractivity contribution is -0.132. The third kappa shape index (κ3) is 5.04. The summed E-state index contributed by atoms with van der Waals surface area (Å²) in [5.74, 6) is -0.524. The van der Waals surface area contributed by atoms with Crippen molar-refractivity contribution in [1.82, 2.24) is 0 Å². The van der Waals surface area contributed by atoms with Crippen molar-refractivity contribution in [3.05, 3.63) is 69.1 Å². The van der Waals surface area contributed by atoms with Gasteiger partial charge in [-0.25, -0.2) is 9.59 Å². The average molecular weight is 440 g/mol. The Balaban J connectivity index is 2.04. The second-order valence-corrected chi connectivity index (χ2v) is 6.21. The molecule has 0 aromatic heterocycles. The molecule has 0 saturated heterocycles. The molecule has 0 unspecified atom stereocenters. The van der Waals surface area contributed by atoms with Gasteiger partial charge in [0.25, 0.3) is 0 Å². The van der Waals surface area contributed by atoms with E-state index >= 15 is 0 Å². The summed E-state index contributed by atoms with van der Waals surface area (Å²) in [6, 6.07) is 13.9. The molecule has 0 aliphatic heterocycles. The number of carbonyl (C=O) groups excluding carboxylic acids is 2. The predicted octanol–water partition coefficient (Wildman–Crippen LogP) is 4.67. The van der Waals surface area contributed by atoms with E-state index in [1.807, 2.05) is 0 Å². The maximum atomic E-state index is 12.0. The molecule has 0 N–H and O–H groups in total. The fourth-order valence-corrected chi connectivity index (χ4v) is 2.34. The molecule has 0 amide bonds. The van der Waals surface area contributed by atoms with Crippen LogP contribution in [0.25, 0.3) is 0 Å². The Hall–Kier alpha value is -1.92. The van der Waals surface area contributed by atoms with Crippen LogP contribution in [-0.2, 0) is 9.59 Å². The van der Waals surface area contributed by atoms with E-state index in [1.54, 1.807) is 48.5 Å². The van der Waals surface area contributed by atoms with E-state index in [4.69, 9.17) is 9.47 Å². The molecule has 23 heavy (non-hydrogen) atoms. The summed E-state index contributed by atoms with van der Waals surface area (Å²) in [5.41, 5.74) is 0.137. The van der Waals surface area contributed by atoms with E-state index in [0.717, 1.165) is 6.08 Å². The third-order valence-electron chi connectivity index (χ3n) is 2.74. The summed E-state index contributed by atoms with van der Waals surface area (Å²) in [6.07, 6.45) is 1.10. The van der Waals surface area contributed by atoms with E-state index < -0.39 is 11.9 Å². The van der Waals surface area contributed by atoms with Crippen LogP contribution in [0.2, 0.25) is 0 Å². The van der Waals surface area contributed by atoms with Crippen molar-refractivity contribution < 1.29 is 19.1 Å². The van der Waals surface area contributed by atoms with E-state index in [-0.39, 0.29) is 5.57 Å². The molecule has 0 aliphatic rings. The van der Waals surface area contributed by atoms with Crippen LogP contribution in [0.1, 0.15) is 6.92 Å². The van der Waals surface area contributed by atoms with E-state index in [2.05, 4.69) is 31.9 Å². The first kappa shape index (κ1) is 17.4. The molecule has 2 aromatic rings. The molecule has 0 radical (unpaired) electrons. The van der Waals surface area contributed by atoms with Crippen molar-refractivity contribution in [2.24, 2.45) is 0 Å². The SMILES string of the molecule is CC(=CC(=O)Oc1ccccc1Br)C(=O)Oc1ccccc1Br. The van der Waals surface area contributed by atoms with Gasteiger partial charge in [0.2, 0.25) is 0 Å². The molecule has 6 heteroatoms. The number of para-hydroxylation sites is 2. The van der Waals surface area contributed by atoms with E-state index in [1.165, 1.54) is 6.92 Å². The summed E-state index contributed by atoms with van der Waals surface area (Å²) in [7, 11) is 0.